The monoisotopic (exact) mass is 141 g/mol. The van der Waals surface area contributed by atoms with Crippen molar-refractivity contribution in [3.63, 3.8) is 0 Å². The van der Waals surface area contributed by atoms with Gasteiger partial charge in [-0.15, -0.1) is 0 Å². The van der Waals surface area contributed by atoms with Gasteiger partial charge in [0.05, 0.1) is 6.08 Å². The van der Waals surface area contributed by atoms with E-state index in [1.165, 1.54) is 5.94 Å². The molecule has 0 spiro atoms. The molecule has 0 radical (unpaired) electrons. The van der Waals surface area contributed by atoms with Crippen LogP contribution < -0.4 is 0 Å². The summed E-state index contributed by atoms with van der Waals surface area (Å²) in [6.07, 6.45) is 0.910. The van der Waals surface area contributed by atoms with E-state index in [0.29, 0.717) is 13.1 Å². The highest BCUT2D eigenvalue weighted by Crippen LogP contribution is 1.87. The summed E-state index contributed by atoms with van der Waals surface area (Å²) in [5, 5.41) is 0. The molecule has 0 bridgehead atoms. The zero-order valence-electron chi connectivity index (χ0n) is 6.26. The van der Waals surface area contributed by atoms with Gasteiger partial charge in [-0.05, 0) is 13.8 Å². The first-order valence-corrected chi connectivity index (χ1v) is 3.26. The molecular weight excluding hydrogens is 130 g/mol. The second-order valence-electron chi connectivity index (χ2n) is 1.77. The van der Waals surface area contributed by atoms with E-state index in [9.17, 15) is 9.59 Å². The minimum absolute atomic E-state index is 0.264. The molecule has 0 heterocycles. The molecule has 0 aliphatic heterocycles. The third-order valence-corrected chi connectivity index (χ3v) is 1.26. The quantitative estimate of drug-likeness (QED) is 0.417. The van der Waals surface area contributed by atoms with E-state index in [1.807, 2.05) is 13.8 Å². The molecule has 56 valence electrons. The molecule has 0 aliphatic rings. The Balaban J connectivity index is 4.01. The first-order valence-electron chi connectivity index (χ1n) is 3.26. The van der Waals surface area contributed by atoms with Crippen LogP contribution >= 0.6 is 0 Å². The summed E-state index contributed by atoms with van der Waals surface area (Å²) < 4.78 is 0. The molecule has 0 N–H and O–H groups in total. The van der Waals surface area contributed by atoms with E-state index in [2.05, 4.69) is 0 Å². The highest BCUT2D eigenvalue weighted by atomic mass is 16.2. The van der Waals surface area contributed by atoms with Gasteiger partial charge in [0.1, 0.15) is 5.94 Å². The Bertz CT molecular complexity index is 155. The second kappa shape index (κ2) is 4.77. The summed E-state index contributed by atoms with van der Waals surface area (Å²) in [6, 6.07) is 0. The number of amides is 1. The number of likely N-dealkylation sites (N-methyl/N-ethyl adjacent to an activating group) is 1. The first kappa shape index (κ1) is 8.92. The topological polar surface area (TPSA) is 37.4 Å². The van der Waals surface area contributed by atoms with Gasteiger partial charge in [-0.3, -0.25) is 4.79 Å². The van der Waals surface area contributed by atoms with Crippen LogP contribution in [0.15, 0.2) is 6.08 Å². The Hall–Kier alpha value is -1.08. The summed E-state index contributed by atoms with van der Waals surface area (Å²) in [6.45, 7) is 4.99. The van der Waals surface area contributed by atoms with Crippen molar-refractivity contribution in [2.24, 2.45) is 0 Å². The number of hydrogen-bond acceptors (Lipinski definition) is 2. The van der Waals surface area contributed by atoms with Crippen molar-refractivity contribution in [1.82, 2.24) is 4.90 Å². The number of nitrogens with zero attached hydrogens (tertiary/aromatic N) is 1. The normalized spacial score (nSPS) is 8.20. The van der Waals surface area contributed by atoms with E-state index < -0.39 is 0 Å². The standard InChI is InChI=1S/C7H11NO2/c1-3-8(4-2)7(10)5-6-9/h5H,3-4H2,1-2H3. The summed E-state index contributed by atoms with van der Waals surface area (Å²) in [5.41, 5.74) is 0. The van der Waals surface area contributed by atoms with Crippen molar-refractivity contribution >= 4 is 11.8 Å². The average Bonchev–Trinajstić information content (AvgIpc) is 1.91. The highest BCUT2D eigenvalue weighted by molar-refractivity contribution is 5.94. The largest absolute Gasteiger partial charge is 0.339 e. The van der Waals surface area contributed by atoms with Gasteiger partial charge < -0.3 is 4.90 Å². The molecule has 0 aromatic heterocycles. The zero-order chi connectivity index (χ0) is 7.98. The Kier molecular flexibility index (Phi) is 4.25. The SMILES string of the molecule is CCN(CC)C(=O)C=C=O. The third kappa shape index (κ3) is 2.46. The predicted octanol–water partition coefficient (Wildman–Crippen LogP) is 0.243. The van der Waals surface area contributed by atoms with Gasteiger partial charge in [0.25, 0.3) is 5.91 Å². The molecule has 3 nitrogen and oxygen atoms in total. The van der Waals surface area contributed by atoms with Crippen LogP contribution in [0, 0.1) is 0 Å². The van der Waals surface area contributed by atoms with Gasteiger partial charge in [0.15, 0.2) is 0 Å². The van der Waals surface area contributed by atoms with Crippen molar-refractivity contribution in [3.05, 3.63) is 6.08 Å². The van der Waals surface area contributed by atoms with Gasteiger partial charge in [0.2, 0.25) is 0 Å². The first-order chi connectivity index (χ1) is 4.76. The summed E-state index contributed by atoms with van der Waals surface area (Å²) in [7, 11) is 0. The zero-order valence-corrected chi connectivity index (χ0v) is 6.26. The lowest BCUT2D eigenvalue weighted by atomic mass is 10.4. The molecule has 0 rings (SSSR count). The third-order valence-electron chi connectivity index (χ3n) is 1.26. The van der Waals surface area contributed by atoms with Crippen molar-refractivity contribution in [2.45, 2.75) is 13.8 Å². The van der Waals surface area contributed by atoms with Gasteiger partial charge in [-0.25, -0.2) is 4.79 Å². The second-order valence-corrected chi connectivity index (χ2v) is 1.77. The van der Waals surface area contributed by atoms with Crippen molar-refractivity contribution < 1.29 is 9.59 Å². The maximum absolute atomic E-state index is 10.8. The molecule has 0 saturated carbocycles. The van der Waals surface area contributed by atoms with Crippen LogP contribution in [0.2, 0.25) is 0 Å². The van der Waals surface area contributed by atoms with Gasteiger partial charge >= 0.3 is 0 Å². The molecule has 10 heavy (non-hydrogen) atoms. The Labute approximate surface area is 60.3 Å². The van der Waals surface area contributed by atoms with Crippen LogP contribution in [-0.4, -0.2) is 29.8 Å². The van der Waals surface area contributed by atoms with Crippen LogP contribution in [0.25, 0.3) is 0 Å². The molecule has 0 saturated heterocycles. The van der Waals surface area contributed by atoms with Crippen molar-refractivity contribution in [1.29, 1.82) is 0 Å². The molecule has 1 amide bonds. The number of hydrogen-bond donors (Lipinski definition) is 0. The maximum atomic E-state index is 10.8. The van der Waals surface area contributed by atoms with Gasteiger partial charge in [-0.1, -0.05) is 0 Å². The predicted molar refractivity (Wildman–Crippen MR) is 38.2 cm³/mol. The molecule has 0 aromatic carbocycles. The fourth-order valence-corrected chi connectivity index (χ4v) is 0.677. The maximum Gasteiger partial charge on any atom is 0.257 e. The van der Waals surface area contributed by atoms with E-state index in [1.54, 1.807) is 4.90 Å². The summed E-state index contributed by atoms with van der Waals surface area (Å²) >= 11 is 0. The Morgan fingerprint density at radius 2 is 2.00 bits per heavy atom. The fraction of sp³-hybridized carbons (Fsp3) is 0.571. The molecule has 0 unspecified atom stereocenters. The molecular formula is C7H11NO2. The van der Waals surface area contributed by atoms with Crippen LogP contribution in [0.1, 0.15) is 13.8 Å². The molecule has 0 atom stereocenters. The Morgan fingerprint density at radius 3 is 2.30 bits per heavy atom. The molecule has 0 aromatic rings. The lowest BCUT2D eigenvalue weighted by Crippen LogP contribution is -2.28. The van der Waals surface area contributed by atoms with E-state index in [0.717, 1.165) is 6.08 Å². The number of carbonyl (C=O) groups is 1. The fourth-order valence-electron chi connectivity index (χ4n) is 0.677. The molecule has 3 heteroatoms. The minimum Gasteiger partial charge on any atom is -0.339 e. The average molecular weight is 141 g/mol. The number of carbonyl (C=O) groups excluding carboxylic acids is 2. The van der Waals surface area contributed by atoms with Crippen LogP contribution in [0.4, 0.5) is 0 Å². The highest BCUT2D eigenvalue weighted by Gasteiger charge is 2.03. The minimum atomic E-state index is -0.264. The van der Waals surface area contributed by atoms with E-state index >= 15 is 0 Å². The van der Waals surface area contributed by atoms with Crippen LogP contribution in [0.3, 0.4) is 0 Å². The van der Waals surface area contributed by atoms with Crippen molar-refractivity contribution in [3.8, 4) is 0 Å². The molecule has 0 fully saturated rings. The lowest BCUT2D eigenvalue weighted by molar-refractivity contribution is -0.125. The smallest absolute Gasteiger partial charge is 0.257 e. The van der Waals surface area contributed by atoms with Crippen LogP contribution in [0.5, 0.6) is 0 Å². The van der Waals surface area contributed by atoms with E-state index in [-0.39, 0.29) is 5.91 Å². The van der Waals surface area contributed by atoms with Gasteiger partial charge in [0, 0.05) is 13.1 Å². The Morgan fingerprint density at radius 1 is 1.50 bits per heavy atom. The number of rotatable bonds is 3. The molecule has 0 aliphatic carbocycles. The van der Waals surface area contributed by atoms with E-state index in [4.69, 9.17) is 0 Å². The lowest BCUT2D eigenvalue weighted by Gasteiger charge is -2.14. The van der Waals surface area contributed by atoms with Crippen molar-refractivity contribution in [2.75, 3.05) is 13.1 Å². The summed E-state index contributed by atoms with van der Waals surface area (Å²) in [5.74, 6) is 1.19. The summed E-state index contributed by atoms with van der Waals surface area (Å²) in [4.78, 5) is 22.1. The van der Waals surface area contributed by atoms with Crippen LogP contribution in [-0.2, 0) is 9.59 Å². The van der Waals surface area contributed by atoms with Gasteiger partial charge in [-0.2, -0.15) is 0 Å².